The fourth-order valence-electron chi connectivity index (χ4n) is 2.71. The lowest BCUT2D eigenvalue weighted by atomic mass is 10.3. The molecule has 0 spiro atoms. The van der Waals surface area contributed by atoms with Crippen molar-refractivity contribution in [2.45, 2.75) is 0 Å². The quantitative estimate of drug-likeness (QED) is 0.660. The number of nitrogens with zero attached hydrogens (tertiary/aromatic N) is 4. The minimum atomic E-state index is 0.538. The third-order valence-corrected chi connectivity index (χ3v) is 3.97. The van der Waals surface area contributed by atoms with E-state index >= 15 is 0 Å². The van der Waals surface area contributed by atoms with Crippen LogP contribution in [0.5, 0.6) is 5.75 Å². The highest BCUT2D eigenvalue weighted by molar-refractivity contribution is 5.83. The van der Waals surface area contributed by atoms with E-state index in [9.17, 15) is 0 Å². The Labute approximate surface area is 145 Å². The number of imidazole rings is 1. The van der Waals surface area contributed by atoms with E-state index in [1.807, 2.05) is 30.3 Å². The number of fused-ring (bicyclic) bond motifs is 1. The second-order valence-corrected chi connectivity index (χ2v) is 5.66. The smallest absolute Gasteiger partial charge is 0.229 e. The molecule has 8 nitrogen and oxygen atoms in total. The molecule has 2 aromatic heterocycles. The highest BCUT2D eigenvalue weighted by Gasteiger charge is 2.17. The second kappa shape index (κ2) is 7.35. The van der Waals surface area contributed by atoms with Crippen LogP contribution in [0.15, 0.2) is 36.7 Å². The van der Waals surface area contributed by atoms with Gasteiger partial charge in [0.2, 0.25) is 5.95 Å². The molecule has 1 aliphatic heterocycles. The molecule has 4 rings (SSSR count). The van der Waals surface area contributed by atoms with Gasteiger partial charge in [-0.15, -0.1) is 0 Å². The number of anilines is 2. The third-order valence-electron chi connectivity index (χ3n) is 3.97. The SMILES string of the molecule is c1ccc(OCCNc2nc(N3CCOCC3)nc3nc[nH]c23)cc1. The molecule has 1 saturated heterocycles. The van der Waals surface area contributed by atoms with Crippen LogP contribution < -0.4 is 15.0 Å². The fraction of sp³-hybridized carbons (Fsp3) is 0.353. The molecule has 130 valence electrons. The molecule has 1 aliphatic rings. The Bertz CT molecular complexity index is 816. The van der Waals surface area contributed by atoms with Crippen LogP contribution in [0.2, 0.25) is 0 Å². The van der Waals surface area contributed by atoms with Crippen molar-refractivity contribution >= 4 is 22.9 Å². The zero-order valence-corrected chi connectivity index (χ0v) is 13.8. The Morgan fingerprint density at radius 2 is 2.00 bits per heavy atom. The van der Waals surface area contributed by atoms with E-state index < -0.39 is 0 Å². The molecule has 0 atom stereocenters. The van der Waals surface area contributed by atoms with Crippen LogP contribution >= 0.6 is 0 Å². The molecular formula is C17H20N6O2. The first-order chi connectivity index (χ1) is 12.4. The van der Waals surface area contributed by atoms with Gasteiger partial charge in [0.1, 0.15) is 17.9 Å². The van der Waals surface area contributed by atoms with Gasteiger partial charge in [0.15, 0.2) is 11.5 Å². The number of hydrogen-bond acceptors (Lipinski definition) is 7. The van der Waals surface area contributed by atoms with Crippen molar-refractivity contribution in [1.82, 2.24) is 19.9 Å². The summed E-state index contributed by atoms with van der Waals surface area (Å²) < 4.78 is 11.1. The predicted octanol–water partition coefficient (Wildman–Crippen LogP) is 1.68. The van der Waals surface area contributed by atoms with Gasteiger partial charge in [-0.25, -0.2) is 4.98 Å². The molecule has 25 heavy (non-hydrogen) atoms. The van der Waals surface area contributed by atoms with Crippen LogP contribution in [0.1, 0.15) is 0 Å². The Balaban J connectivity index is 1.45. The molecule has 3 heterocycles. The average molecular weight is 340 g/mol. The minimum absolute atomic E-state index is 0.538. The van der Waals surface area contributed by atoms with Gasteiger partial charge in [0, 0.05) is 13.1 Å². The van der Waals surface area contributed by atoms with Gasteiger partial charge >= 0.3 is 0 Å². The highest BCUT2D eigenvalue weighted by atomic mass is 16.5. The maximum absolute atomic E-state index is 5.71. The molecule has 0 radical (unpaired) electrons. The summed E-state index contributed by atoms with van der Waals surface area (Å²) in [7, 11) is 0. The van der Waals surface area contributed by atoms with Crippen LogP contribution in [0.25, 0.3) is 11.2 Å². The molecule has 8 heteroatoms. The van der Waals surface area contributed by atoms with Gasteiger partial charge in [-0.2, -0.15) is 9.97 Å². The van der Waals surface area contributed by atoms with Crippen LogP contribution in [-0.4, -0.2) is 59.4 Å². The van der Waals surface area contributed by atoms with E-state index in [2.05, 4.69) is 30.2 Å². The molecule has 2 N–H and O–H groups in total. The van der Waals surface area contributed by atoms with Crippen LogP contribution in [0.4, 0.5) is 11.8 Å². The van der Waals surface area contributed by atoms with Gasteiger partial charge in [-0.1, -0.05) is 18.2 Å². The van der Waals surface area contributed by atoms with Crippen LogP contribution in [-0.2, 0) is 4.74 Å². The van der Waals surface area contributed by atoms with Crippen molar-refractivity contribution in [2.75, 3.05) is 49.7 Å². The number of H-pyrrole nitrogens is 1. The van der Waals surface area contributed by atoms with Crippen LogP contribution in [0.3, 0.4) is 0 Å². The van der Waals surface area contributed by atoms with Crippen molar-refractivity contribution in [3.8, 4) is 5.75 Å². The number of benzene rings is 1. The number of aromatic amines is 1. The van der Waals surface area contributed by atoms with Crippen molar-refractivity contribution in [2.24, 2.45) is 0 Å². The van der Waals surface area contributed by atoms with Gasteiger partial charge in [0.25, 0.3) is 0 Å². The summed E-state index contributed by atoms with van der Waals surface area (Å²) in [6, 6.07) is 9.75. The Morgan fingerprint density at radius 1 is 1.16 bits per heavy atom. The maximum atomic E-state index is 5.71. The number of para-hydroxylation sites is 1. The largest absolute Gasteiger partial charge is 0.492 e. The Kier molecular flexibility index (Phi) is 4.60. The number of hydrogen-bond donors (Lipinski definition) is 2. The lowest BCUT2D eigenvalue weighted by Gasteiger charge is -2.27. The van der Waals surface area contributed by atoms with Gasteiger partial charge in [-0.3, -0.25) is 0 Å². The van der Waals surface area contributed by atoms with E-state index in [1.165, 1.54) is 0 Å². The van der Waals surface area contributed by atoms with Crippen molar-refractivity contribution in [1.29, 1.82) is 0 Å². The molecule has 0 saturated carbocycles. The second-order valence-electron chi connectivity index (χ2n) is 5.66. The molecule has 0 aliphatic carbocycles. The summed E-state index contributed by atoms with van der Waals surface area (Å²) in [5, 5.41) is 3.32. The summed E-state index contributed by atoms with van der Waals surface area (Å²) in [5.41, 5.74) is 1.46. The first-order valence-electron chi connectivity index (χ1n) is 8.36. The van der Waals surface area contributed by atoms with E-state index in [0.29, 0.717) is 38.0 Å². The van der Waals surface area contributed by atoms with Crippen LogP contribution in [0, 0.1) is 0 Å². The van der Waals surface area contributed by atoms with Gasteiger partial charge in [-0.05, 0) is 12.1 Å². The molecule has 1 aromatic carbocycles. The highest BCUT2D eigenvalue weighted by Crippen LogP contribution is 2.21. The molecule has 0 bridgehead atoms. The fourth-order valence-corrected chi connectivity index (χ4v) is 2.71. The van der Waals surface area contributed by atoms with Crippen molar-refractivity contribution < 1.29 is 9.47 Å². The maximum Gasteiger partial charge on any atom is 0.229 e. The van der Waals surface area contributed by atoms with E-state index in [0.717, 1.165) is 30.2 Å². The standard InChI is InChI=1S/C17H20N6O2/c1-2-4-13(5-3-1)25-9-6-18-15-14-16(20-12-19-14)22-17(21-15)23-7-10-24-11-8-23/h1-5,12H,6-11H2,(H2,18,19,20,21,22). The summed E-state index contributed by atoms with van der Waals surface area (Å²) in [4.78, 5) is 18.7. The third kappa shape index (κ3) is 3.63. The molecule has 3 aromatic rings. The molecular weight excluding hydrogens is 320 g/mol. The number of ether oxygens (including phenoxy) is 2. The van der Waals surface area contributed by atoms with Crippen molar-refractivity contribution in [3.63, 3.8) is 0 Å². The van der Waals surface area contributed by atoms with E-state index in [4.69, 9.17) is 9.47 Å². The molecule has 0 unspecified atom stereocenters. The molecule has 0 amide bonds. The van der Waals surface area contributed by atoms with E-state index in [1.54, 1.807) is 6.33 Å². The zero-order chi connectivity index (χ0) is 16.9. The summed E-state index contributed by atoms with van der Waals surface area (Å²) in [5.74, 6) is 2.27. The first kappa shape index (κ1) is 15.6. The molecule has 1 fully saturated rings. The monoisotopic (exact) mass is 340 g/mol. The van der Waals surface area contributed by atoms with Gasteiger partial charge < -0.3 is 24.7 Å². The Hall–Kier alpha value is -2.87. The summed E-state index contributed by atoms with van der Waals surface area (Å²) >= 11 is 0. The van der Waals surface area contributed by atoms with Gasteiger partial charge in [0.05, 0.1) is 26.1 Å². The summed E-state index contributed by atoms with van der Waals surface area (Å²) in [6.45, 7) is 4.11. The lowest BCUT2D eigenvalue weighted by molar-refractivity contribution is 0.122. The van der Waals surface area contributed by atoms with Crippen molar-refractivity contribution in [3.05, 3.63) is 36.7 Å². The summed E-state index contributed by atoms with van der Waals surface area (Å²) in [6.07, 6.45) is 1.63. The average Bonchev–Trinajstić information content (AvgIpc) is 3.15. The predicted molar refractivity (Wildman–Crippen MR) is 95.1 cm³/mol. The minimum Gasteiger partial charge on any atom is -0.492 e. The lowest BCUT2D eigenvalue weighted by Crippen LogP contribution is -2.37. The first-order valence-corrected chi connectivity index (χ1v) is 8.36. The van der Waals surface area contributed by atoms with E-state index in [-0.39, 0.29) is 0 Å². The zero-order valence-electron chi connectivity index (χ0n) is 13.8. The topological polar surface area (TPSA) is 88.2 Å². The number of morpholine rings is 1. The number of rotatable bonds is 6. The number of nitrogens with one attached hydrogen (secondary N) is 2. The normalized spacial score (nSPS) is 14.6. The number of aromatic nitrogens is 4. The Morgan fingerprint density at radius 3 is 2.84 bits per heavy atom.